The van der Waals surface area contributed by atoms with Gasteiger partial charge in [0.05, 0.1) is 5.60 Å². The van der Waals surface area contributed by atoms with Gasteiger partial charge in [0.1, 0.15) is 18.0 Å². The van der Waals surface area contributed by atoms with Crippen LogP contribution >= 0.6 is 0 Å². The number of rotatable bonds is 6. The molecule has 4 heteroatoms. The van der Waals surface area contributed by atoms with Crippen molar-refractivity contribution in [1.82, 2.24) is 0 Å². The standard InChI is InChI=1S/C15H28O4/c1-11(9-13(17)19-15(5,6)7)8-12(10-16)18-14(2,3)4/h10-12H,8-9H2,1-7H3. The molecule has 0 bridgehead atoms. The average molecular weight is 272 g/mol. The van der Waals surface area contributed by atoms with E-state index in [1.165, 1.54) is 0 Å². The van der Waals surface area contributed by atoms with Gasteiger partial charge in [-0.1, -0.05) is 6.92 Å². The fourth-order valence-electron chi connectivity index (χ4n) is 1.73. The van der Waals surface area contributed by atoms with E-state index in [1.54, 1.807) is 0 Å². The molecule has 112 valence electrons. The first-order chi connectivity index (χ1) is 8.43. The highest BCUT2D eigenvalue weighted by molar-refractivity contribution is 5.70. The minimum Gasteiger partial charge on any atom is -0.460 e. The highest BCUT2D eigenvalue weighted by Crippen LogP contribution is 2.19. The van der Waals surface area contributed by atoms with Gasteiger partial charge in [-0.25, -0.2) is 0 Å². The summed E-state index contributed by atoms with van der Waals surface area (Å²) in [7, 11) is 0. The molecule has 0 aliphatic carbocycles. The molecule has 0 radical (unpaired) electrons. The van der Waals surface area contributed by atoms with Crippen LogP contribution in [0.4, 0.5) is 0 Å². The summed E-state index contributed by atoms with van der Waals surface area (Å²) in [4.78, 5) is 22.7. The second-order valence-corrected chi connectivity index (χ2v) is 7.04. The number of ether oxygens (including phenoxy) is 2. The van der Waals surface area contributed by atoms with Crippen molar-refractivity contribution in [1.29, 1.82) is 0 Å². The van der Waals surface area contributed by atoms with Gasteiger partial charge >= 0.3 is 5.97 Å². The maximum Gasteiger partial charge on any atom is 0.306 e. The minimum atomic E-state index is -0.475. The van der Waals surface area contributed by atoms with Crippen molar-refractivity contribution in [2.75, 3.05) is 0 Å². The maximum atomic E-state index is 11.7. The summed E-state index contributed by atoms with van der Waals surface area (Å²) in [5.41, 5.74) is -0.833. The Hall–Kier alpha value is -0.900. The first-order valence-electron chi connectivity index (χ1n) is 6.78. The van der Waals surface area contributed by atoms with Crippen LogP contribution in [-0.2, 0) is 19.1 Å². The second-order valence-electron chi connectivity index (χ2n) is 7.04. The van der Waals surface area contributed by atoms with Gasteiger partial charge in [0.2, 0.25) is 0 Å². The third-order valence-corrected chi connectivity index (χ3v) is 2.23. The topological polar surface area (TPSA) is 52.6 Å². The monoisotopic (exact) mass is 272 g/mol. The summed E-state index contributed by atoms with van der Waals surface area (Å²) >= 11 is 0. The van der Waals surface area contributed by atoms with Crippen LogP contribution in [0.3, 0.4) is 0 Å². The van der Waals surface area contributed by atoms with E-state index in [1.807, 2.05) is 48.5 Å². The molecule has 0 heterocycles. The van der Waals surface area contributed by atoms with E-state index in [2.05, 4.69) is 0 Å². The SMILES string of the molecule is CC(CC(=O)OC(C)(C)C)CC(C=O)OC(C)(C)C. The maximum absolute atomic E-state index is 11.7. The fourth-order valence-corrected chi connectivity index (χ4v) is 1.73. The molecule has 0 aromatic carbocycles. The normalized spacial score (nSPS) is 15.7. The van der Waals surface area contributed by atoms with Crippen LogP contribution in [-0.4, -0.2) is 29.6 Å². The molecule has 0 spiro atoms. The van der Waals surface area contributed by atoms with Crippen LogP contribution in [0.25, 0.3) is 0 Å². The molecular weight excluding hydrogens is 244 g/mol. The van der Waals surface area contributed by atoms with E-state index in [0.717, 1.165) is 6.29 Å². The Labute approximate surface area is 116 Å². The molecule has 0 rings (SSSR count). The first-order valence-corrected chi connectivity index (χ1v) is 6.78. The van der Waals surface area contributed by atoms with Crippen LogP contribution in [0.2, 0.25) is 0 Å². The summed E-state index contributed by atoms with van der Waals surface area (Å²) < 4.78 is 10.9. The van der Waals surface area contributed by atoms with Gasteiger partial charge in [-0.2, -0.15) is 0 Å². The quantitative estimate of drug-likeness (QED) is 0.550. The predicted octanol–water partition coefficient (Wildman–Crippen LogP) is 3.13. The number of carbonyl (C=O) groups is 2. The Balaban J connectivity index is 4.25. The highest BCUT2D eigenvalue weighted by Gasteiger charge is 2.23. The Bertz CT molecular complexity index is 296. The van der Waals surface area contributed by atoms with Crippen molar-refractivity contribution >= 4 is 12.3 Å². The Morgan fingerprint density at radius 3 is 2.00 bits per heavy atom. The van der Waals surface area contributed by atoms with Crippen molar-refractivity contribution in [2.24, 2.45) is 5.92 Å². The molecule has 0 saturated carbocycles. The summed E-state index contributed by atoms with van der Waals surface area (Å²) in [5, 5.41) is 0. The van der Waals surface area contributed by atoms with Gasteiger partial charge < -0.3 is 14.3 Å². The molecular formula is C15H28O4. The molecule has 19 heavy (non-hydrogen) atoms. The largest absolute Gasteiger partial charge is 0.460 e. The number of carbonyl (C=O) groups excluding carboxylic acids is 2. The van der Waals surface area contributed by atoms with E-state index >= 15 is 0 Å². The zero-order valence-electron chi connectivity index (χ0n) is 13.3. The Morgan fingerprint density at radius 2 is 1.63 bits per heavy atom. The van der Waals surface area contributed by atoms with Crippen molar-refractivity contribution in [3.63, 3.8) is 0 Å². The number of hydrogen-bond donors (Lipinski definition) is 0. The van der Waals surface area contributed by atoms with E-state index in [9.17, 15) is 9.59 Å². The Kier molecular flexibility index (Phi) is 6.70. The van der Waals surface area contributed by atoms with Crippen LogP contribution < -0.4 is 0 Å². The molecule has 2 atom stereocenters. The lowest BCUT2D eigenvalue weighted by Gasteiger charge is -2.26. The third kappa shape index (κ3) is 10.7. The summed E-state index contributed by atoms with van der Waals surface area (Å²) in [6.07, 6.45) is 1.16. The molecule has 4 nitrogen and oxygen atoms in total. The van der Waals surface area contributed by atoms with E-state index in [4.69, 9.17) is 9.47 Å². The highest BCUT2D eigenvalue weighted by atomic mass is 16.6. The summed E-state index contributed by atoms with van der Waals surface area (Å²) in [6, 6.07) is 0. The molecule has 0 aromatic heterocycles. The van der Waals surface area contributed by atoms with Gasteiger partial charge in [-0.15, -0.1) is 0 Å². The predicted molar refractivity (Wildman–Crippen MR) is 74.9 cm³/mol. The van der Waals surface area contributed by atoms with Crippen LogP contribution in [0.5, 0.6) is 0 Å². The number of esters is 1. The van der Waals surface area contributed by atoms with Gasteiger partial charge in [0, 0.05) is 6.42 Å². The van der Waals surface area contributed by atoms with Gasteiger partial charge in [-0.3, -0.25) is 4.79 Å². The summed E-state index contributed by atoms with van der Waals surface area (Å²) in [5.74, 6) is -0.187. The fraction of sp³-hybridized carbons (Fsp3) is 0.867. The second kappa shape index (κ2) is 7.04. The molecule has 0 N–H and O–H groups in total. The molecule has 0 fully saturated rings. The molecule has 0 aliphatic heterocycles. The lowest BCUT2D eigenvalue weighted by atomic mass is 10.00. The molecule has 0 amide bonds. The van der Waals surface area contributed by atoms with Gasteiger partial charge in [0.25, 0.3) is 0 Å². The van der Waals surface area contributed by atoms with E-state index in [0.29, 0.717) is 12.8 Å². The van der Waals surface area contributed by atoms with Crippen molar-refractivity contribution in [2.45, 2.75) is 78.6 Å². The molecule has 2 unspecified atom stereocenters. The first kappa shape index (κ1) is 18.1. The summed E-state index contributed by atoms with van der Waals surface area (Å²) in [6.45, 7) is 13.2. The number of aldehydes is 1. The smallest absolute Gasteiger partial charge is 0.306 e. The zero-order valence-corrected chi connectivity index (χ0v) is 13.3. The minimum absolute atomic E-state index is 0.0485. The van der Waals surface area contributed by atoms with Gasteiger partial charge in [0.15, 0.2) is 0 Å². The van der Waals surface area contributed by atoms with Crippen molar-refractivity contribution in [3.8, 4) is 0 Å². The Morgan fingerprint density at radius 1 is 1.11 bits per heavy atom. The third-order valence-electron chi connectivity index (χ3n) is 2.23. The average Bonchev–Trinajstić information content (AvgIpc) is 2.10. The number of hydrogen-bond acceptors (Lipinski definition) is 4. The van der Waals surface area contributed by atoms with E-state index < -0.39 is 11.7 Å². The van der Waals surface area contributed by atoms with Crippen LogP contribution in [0.1, 0.15) is 61.3 Å². The van der Waals surface area contributed by atoms with Gasteiger partial charge in [-0.05, 0) is 53.9 Å². The molecule has 0 aliphatic rings. The van der Waals surface area contributed by atoms with Crippen molar-refractivity contribution < 1.29 is 19.1 Å². The van der Waals surface area contributed by atoms with E-state index in [-0.39, 0.29) is 17.5 Å². The molecule has 0 saturated heterocycles. The lowest BCUT2D eigenvalue weighted by Crippen LogP contribution is -2.31. The molecule has 0 aromatic rings. The van der Waals surface area contributed by atoms with Crippen molar-refractivity contribution in [3.05, 3.63) is 0 Å². The van der Waals surface area contributed by atoms with Crippen LogP contribution in [0, 0.1) is 5.92 Å². The lowest BCUT2D eigenvalue weighted by molar-refractivity contribution is -0.156. The zero-order chi connectivity index (χ0) is 15.3. The van der Waals surface area contributed by atoms with Crippen LogP contribution in [0.15, 0.2) is 0 Å².